The van der Waals surface area contributed by atoms with E-state index in [0.717, 1.165) is 11.8 Å². The second kappa shape index (κ2) is 4.10. The van der Waals surface area contributed by atoms with Crippen molar-refractivity contribution in [1.82, 2.24) is 4.98 Å². The van der Waals surface area contributed by atoms with E-state index in [1.807, 2.05) is 6.20 Å². The Hall–Kier alpha value is -1.44. The van der Waals surface area contributed by atoms with Crippen LogP contribution in [0.4, 0.5) is 5.69 Å². The molecule has 90 valence electrons. The van der Waals surface area contributed by atoms with E-state index in [9.17, 15) is 0 Å². The lowest BCUT2D eigenvalue weighted by atomic mass is 9.91. The highest BCUT2D eigenvalue weighted by Gasteiger charge is 2.21. The standard InChI is InChI=1S/C15H20N2/c1-11-7-12(2)10-17(9-11)14-3-4-15-13(8-14)5-6-16-15/h3-6,8,11-12,16H,7,9-10H2,1-2H3. The Labute approximate surface area is 103 Å². The van der Waals surface area contributed by atoms with Crippen molar-refractivity contribution in [2.24, 2.45) is 11.8 Å². The summed E-state index contributed by atoms with van der Waals surface area (Å²) in [6.07, 6.45) is 3.37. The molecule has 1 aromatic heterocycles. The highest BCUT2D eigenvalue weighted by atomic mass is 15.1. The fourth-order valence-electron chi connectivity index (χ4n) is 3.11. The van der Waals surface area contributed by atoms with Crippen LogP contribution in [0.3, 0.4) is 0 Å². The van der Waals surface area contributed by atoms with Crippen LogP contribution in [0.15, 0.2) is 30.5 Å². The van der Waals surface area contributed by atoms with Crippen LogP contribution < -0.4 is 4.90 Å². The molecule has 1 saturated heterocycles. The first-order valence-corrected chi connectivity index (χ1v) is 6.54. The summed E-state index contributed by atoms with van der Waals surface area (Å²) in [5, 5.41) is 1.31. The van der Waals surface area contributed by atoms with Crippen LogP contribution in [0, 0.1) is 11.8 Å². The molecule has 0 bridgehead atoms. The number of H-pyrrole nitrogens is 1. The van der Waals surface area contributed by atoms with Crippen LogP contribution in [0.2, 0.25) is 0 Å². The number of fused-ring (bicyclic) bond motifs is 1. The summed E-state index contributed by atoms with van der Waals surface area (Å²) in [7, 11) is 0. The normalized spacial score (nSPS) is 25.4. The molecule has 0 saturated carbocycles. The lowest BCUT2D eigenvalue weighted by Gasteiger charge is -2.36. The van der Waals surface area contributed by atoms with Gasteiger partial charge in [-0.3, -0.25) is 0 Å². The zero-order valence-electron chi connectivity index (χ0n) is 10.6. The molecule has 2 atom stereocenters. The Balaban J connectivity index is 1.91. The van der Waals surface area contributed by atoms with Crippen LogP contribution in [-0.4, -0.2) is 18.1 Å². The summed E-state index contributed by atoms with van der Waals surface area (Å²) in [6.45, 7) is 7.11. The van der Waals surface area contributed by atoms with Crippen LogP contribution >= 0.6 is 0 Å². The van der Waals surface area contributed by atoms with Gasteiger partial charge in [0.05, 0.1) is 0 Å². The van der Waals surface area contributed by atoms with Crippen LogP contribution in [-0.2, 0) is 0 Å². The zero-order valence-corrected chi connectivity index (χ0v) is 10.6. The minimum atomic E-state index is 0.806. The summed E-state index contributed by atoms with van der Waals surface area (Å²) < 4.78 is 0. The smallest absolute Gasteiger partial charge is 0.0455 e. The number of hydrogen-bond donors (Lipinski definition) is 1. The summed E-state index contributed by atoms with van der Waals surface area (Å²) in [5.74, 6) is 1.61. The lowest BCUT2D eigenvalue weighted by Crippen LogP contribution is -2.38. The number of aromatic nitrogens is 1. The largest absolute Gasteiger partial charge is 0.371 e. The topological polar surface area (TPSA) is 19.0 Å². The molecule has 17 heavy (non-hydrogen) atoms. The van der Waals surface area contributed by atoms with E-state index in [1.54, 1.807) is 0 Å². The number of rotatable bonds is 1. The van der Waals surface area contributed by atoms with Gasteiger partial charge < -0.3 is 9.88 Å². The summed E-state index contributed by atoms with van der Waals surface area (Å²) in [4.78, 5) is 5.78. The average molecular weight is 228 g/mol. The Morgan fingerprint density at radius 2 is 1.88 bits per heavy atom. The number of hydrogen-bond acceptors (Lipinski definition) is 1. The molecule has 0 spiro atoms. The maximum Gasteiger partial charge on any atom is 0.0455 e. The monoisotopic (exact) mass is 228 g/mol. The summed E-state index contributed by atoms with van der Waals surface area (Å²) in [6, 6.07) is 8.88. The third-order valence-electron chi connectivity index (χ3n) is 3.77. The minimum Gasteiger partial charge on any atom is -0.371 e. The van der Waals surface area contributed by atoms with Gasteiger partial charge >= 0.3 is 0 Å². The lowest BCUT2D eigenvalue weighted by molar-refractivity contribution is 0.357. The fourth-order valence-corrected chi connectivity index (χ4v) is 3.11. The highest BCUT2D eigenvalue weighted by Crippen LogP contribution is 2.28. The van der Waals surface area contributed by atoms with E-state index < -0.39 is 0 Å². The predicted molar refractivity (Wildman–Crippen MR) is 73.5 cm³/mol. The first-order chi connectivity index (χ1) is 8.22. The van der Waals surface area contributed by atoms with Crippen molar-refractivity contribution in [1.29, 1.82) is 0 Å². The zero-order chi connectivity index (χ0) is 11.8. The Bertz CT molecular complexity index is 504. The van der Waals surface area contributed by atoms with Gasteiger partial charge in [-0.05, 0) is 42.5 Å². The minimum absolute atomic E-state index is 0.806. The molecule has 1 fully saturated rings. The van der Waals surface area contributed by atoms with Gasteiger partial charge in [0, 0.05) is 35.9 Å². The van der Waals surface area contributed by atoms with Gasteiger partial charge in [-0.25, -0.2) is 0 Å². The number of anilines is 1. The predicted octanol–water partition coefficient (Wildman–Crippen LogP) is 3.65. The molecule has 0 aliphatic carbocycles. The van der Waals surface area contributed by atoms with Gasteiger partial charge in [0.2, 0.25) is 0 Å². The maximum atomic E-state index is 3.25. The number of aromatic amines is 1. The maximum absolute atomic E-state index is 3.25. The third-order valence-corrected chi connectivity index (χ3v) is 3.77. The molecule has 0 amide bonds. The van der Waals surface area contributed by atoms with E-state index in [2.05, 4.69) is 48.0 Å². The molecule has 1 aromatic carbocycles. The molecule has 1 aliphatic rings. The summed E-state index contributed by atoms with van der Waals surface area (Å²) in [5.41, 5.74) is 2.60. The molecule has 1 aliphatic heterocycles. The first-order valence-electron chi connectivity index (χ1n) is 6.54. The Morgan fingerprint density at radius 3 is 2.65 bits per heavy atom. The van der Waals surface area contributed by atoms with Gasteiger partial charge in [-0.15, -0.1) is 0 Å². The number of nitrogens with one attached hydrogen (secondary N) is 1. The third kappa shape index (κ3) is 2.04. The van der Waals surface area contributed by atoms with Gasteiger partial charge in [-0.2, -0.15) is 0 Å². The van der Waals surface area contributed by atoms with Crippen molar-refractivity contribution in [3.05, 3.63) is 30.5 Å². The van der Waals surface area contributed by atoms with E-state index >= 15 is 0 Å². The molecular weight excluding hydrogens is 208 g/mol. The van der Waals surface area contributed by atoms with Crippen molar-refractivity contribution in [3.8, 4) is 0 Å². The van der Waals surface area contributed by atoms with Gasteiger partial charge in [0.25, 0.3) is 0 Å². The molecule has 2 heteroatoms. The van der Waals surface area contributed by atoms with Crippen molar-refractivity contribution >= 4 is 16.6 Å². The molecule has 2 nitrogen and oxygen atoms in total. The van der Waals surface area contributed by atoms with Gasteiger partial charge in [-0.1, -0.05) is 13.8 Å². The Kier molecular flexibility index (Phi) is 2.58. The van der Waals surface area contributed by atoms with Crippen molar-refractivity contribution < 1.29 is 0 Å². The van der Waals surface area contributed by atoms with Crippen molar-refractivity contribution in [2.45, 2.75) is 20.3 Å². The molecular formula is C15H20N2. The molecule has 3 rings (SSSR count). The molecule has 2 aromatic rings. The molecule has 1 N–H and O–H groups in total. The second-order valence-electron chi connectivity index (χ2n) is 5.60. The second-order valence-corrected chi connectivity index (χ2v) is 5.60. The van der Waals surface area contributed by atoms with E-state index in [-0.39, 0.29) is 0 Å². The summed E-state index contributed by atoms with van der Waals surface area (Å²) >= 11 is 0. The van der Waals surface area contributed by atoms with Crippen LogP contribution in [0.1, 0.15) is 20.3 Å². The molecule has 0 radical (unpaired) electrons. The molecule has 2 unspecified atom stereocenters. The SMILES string of the molecule is CC1CC(C)CN(c2ccc3[nH]ccc3c2)C1. The Morgan fingerprint density at radius 1 is 1.12 bits per heavy atom. The highest BCUT2D eigenvalue weighted by molar-refractivity contribution is 5.83. The van der Waals surface area contributed by atoms with Crippen LogP contribution in [0.5, 0.6) is 0 Å². The van der Waals surface area contributed by atoms with Gasteiger partial charge in [0.15, 0.2) is 0 Å². The average Bonchev–Trinajstić information content (AvgIpc) is 2.74. The van der Waals surface area contributed by atoms with Gasteiger partial charge in [0.1, 0.15) is 0 Å². The van der Waals surface area contributed by atoms with Crippen molar-refractivity contribution in [2.75, 3.05) is 18.0 Å². The number of nitrogens with zero attached hydrogens (tertiary/aromatic N) is 1. The first kappa shape index (κ1) is 10.7. The number of piperidine rings is 1. The van der Waals surface area contributed by atoms with E-state index in [4.69, 9.17) is 0 Å². The van der Waals surface area contributed by atoms with E-state index in [0.29, 0.717) is 0 Å². The number of benzene rings is 1. The van der Waals surface area contributed by atoms with E-state index in [1.165, 1.54) is 36.1 Å². The molecule has 2 heterocycles. The fraction of sp³-hybridized carbons (Fsp3) is 0.467. The van der Waals surface area contributed by atoms with Crippen molar-refractivity contribution in [3.63, 3.8) is 0 Å². The van der Waals surface area contributed by atoms with Crippen LogP contribution in [0.25, 0.3) is 10.9 Å². The quantitative estimate of drug-likeness (QED) is 0.789.